The molecule has 1 unspecified atom stereocenters. The number of furan rings is 1. The minimum absolute atomic E-state index is 0.270. The lowest BCUT2D eigenvalue weighted by atomic mass is 10.2. The summed E-state index contributed by atoms with van der Waals surface area (Å²) >= 11 is 1.24. The van der Waals surface area contributed by atoms with Gasteiger partial charge < -0.3 is 15.1 Å². The Kier molecular flexibility index (Phi) is 4.68. The summed E-state index contributed by atoms with van der Waals surface area (Å²) in [6.07, 6.45) is 1.62. The van der Waals surface area contributed by atoms with E-state index < -0.39 is 5.50 Å². The Balaban J connectivity index is 1.49. The van der Waals surface area contributed by atoms with Crippen molar-refractivity contribution in [2.24, 2.45) is 0 Å². The fourth-order valence-corrected chi connectivity index (χ4v) is 3.57. The van der Waals surface area contributed by atoms with E-state index in [-0.39, 0.29) is 17.5 Å². The van der Waals surface area contributed by atoms with Crippen molar-refractivity contribution in [2.45, 2.75) is 5.50 Å². The van der Waals surface area contributed by atoms with Crippen LogP contribution in [0.1, 0.15) is 5.76 Å². The van der Waals surface area contributed by atoms with E-state index in [1.165, 1.54) is 30.0 Å². The number of carbonyl (C=O) groups excluding carboxylic acids is 1. The lowest BCUT2D eigenvalue weighted by Crippen LogP contribution is -2.31. The molecule has 4 rings (SSSR count). The van der Waals surface area contributed by atoms with Crippen molar-refractivity contribution < 1.29 is 18.0 Å². The van der Waals surface area contributed by atoms with Crippen molar-refractivity contribution >= 4 is 29.4 Å². The second-order valence-electron chi connectivity index (χ2n) is 5.81. The van der Waals surface area contributed by atoms with E-state index in [4.69, 9.17) is 4.42 Å². The summed E-state index contributed by atoms with van der Waals surface area (Å²) in [4.78, 5) is 12.6. The predicted molar refractivity (Wildman–Crippen MR) is 102 cm³/mol. The third-order valence-corrected chi connectivity index (χ3v) is 4.95. The second kappa shape index (κ2) is 7.28. The Morgan fingerprint density at radius 3 is 2.59 bits per heavy atom. The smallest absolute Gasteiger partial charge is 0.260 e. The number of thioether (sulfide) groups is 1. The molecular weight excluding hydrogens is 370 g/mol. The van der Waals surface area contributed by atoms with Crippen LogP contribution in [0.15, 0.2) is 70.0 Å². The first-order valence-electron chi connectivity index (χ1n) is 8.14. The Labute approximate surface area is 158 Å². The normalized spacial score (nSPS) is 17.9. The lowest BCUT2D eigenvalue weighted by molar-refractivity contribution is -0.116. The van der Waals surface area contributed by atoms with Crippen molar-refractivity contribution in [3.8, 4) is 11.3 Å². The molecule has 2 aromatic carbocycles. The zero-order valence-corrected chi connectivity index (χ0v) is 14.7. The van der Waals surface area contributed by atoms with Gasteiger partial charge >= 0.3 is 0 Å². The molecule has 1 fully saturated rings. The second-order valence-corrected chi connectivity index (χ2v) is 6.96. The van der Waals surface area contributed by atoms with Crippen molar-refractivity contribution in [3.05, 3.63) is 83.0 Å². The van der Waals surface area contributed by atoms with Crippen molar-refractivity contribution in [2.75, 3.05) is 5.32 Å². The molecule has 2 heterocycles. The average Bonchev–Trinajstić information content (AvgIpc) is 3.25. The standard InChI is InChI=1S/C20H14F2N2O2S/c21-13-7-5-12(6-8-13)17-10-9-14(26-17)11-18-19(25)24-20(27-18)23-16-4-2-1-3-15(16)22/h1-11,20,23H,(H,24,25)/b18-11-. The van der Waals surface area contributed by atoms with Crippen LogP contribution in [0.4, 0.5) is 14.5 Å². The number of benzene rings is 2. The van der Waals surface area contributed by atoms with Crippen LogP contribution >= 0.6 is 11.8 Å². The molecule has 0 saturated carbocycles. The minimum Gasteiger partial charge on any atom is -0.457 e. The largest absolute Gasteiger partial charge is 0.457 e. The number of rotatable bonds is 4. The number of carbonyl (C=O) groups is 1. The molecule has 1 aliphatic rings. The first-order chi connectivity index (χ1) is 13.1. The SMILES string of the molecule is O=C1NC(Nc2ccccc2F)S/C1=C\c1ccc(-c2ccc(F)cc2)o1. The van der Waals surface area contributed by atoms with Crippen LogP contribution in [0.3, 0.4) is 0 Å². The Morgan fingerprint density at radius 2 is 1.81 bits per heavy atom. The van der Waals surface area contributed by atoms with Crippen LogP contribution in [-0.4, -0.2) is 11.4 Å². The number of hydrogen-bond donors (Lipinski definition) is 2. The maximum absolute atomic E-state index is 13.7. The first kappa shape index (κ1) is 17.4. The van der Waals surface area contributed by atoms with Crippen molar-refractivity contribution in [1.82, 2.24) is 5.32 Å². The molecule has 1 aromatic heterocycles. The molecule has 0 spiro atoms. The molecule has 2 N–H and O–H groups in total. The van der Waals surface area contributed by atoms with E-state index in [1.54, 1.807) is 48.5 Å². The lowest BCUT2D eigenvalue weighted by Gasteiger charge is -2.12. The molecule has 7 heteroatoms. The number of para-hydroxylation sites is 1. The molecule has 1 aliphatic heterocycles. The van der Waals surface area contributed by atoms with E-state index in [0.717, 1.165) is 5.56 Å². The van der Waals surface area contributed by atoms with Crippen LogP contribution in [-0.2, 0) is 4.79 Å². The Hall–Kier alpha value is -3.06. The number of hydrogen-bond acceptors (Lipinski definition) is 4. The number of amides is 1. The van der Waals surface area contributed by atoms with Crippen LogP contribution in [0.25, 0.3) is 17.4 Å². The minimum atomic E-state index is -0.479. The van der Waals surface area contributed by atoms with Crippen LogP contribution in [0.5, 0.6) is 0 Å². The maximum Gasteiger partial charge on any atom is 0.260 e. The van der Waals surface area contributed by atoms with Gasteiger partial charge in [-0.1, -0.05) is 23.9 Å². The molecular formula is C20H14F2N2O2S. The van der Waals surface area contributed by atoms with Gasteiger partial charge in [0.2, 0.25) is 0 Å². The highest BCUT2D eigenvalue weighted by molar-refractivity contribution is 8.05. The Bertz CT molecular complexity index is 1010. The summed E-state index contributed by atoms with van der Waals surface area (Å²) in [6.45, 7) is 0. The van der Waals surface area contributed by atoms with E-state index in [1.807, 2.05) is 0 Å². The topological polar surface area (TPSA) is 54.3 Å². The molecule has 4 nitrogen and oxygen atoms in total. The van der Waals surface area contributed by atoms with Crippen LogP contribution < -0.4 is 10.6 Å². The van der Waals surface area contributed by atoms with Gasteiger partial charge in [0.15, 0.2) is 5.50 Å². The van der Waals surface area contributed by atoms with E-state index in [9.17, 15) is 13.6 Å². The summed E-state index contributed by atoms with van der Waals surface area (Å²) in [5.74, 6) is 0.0956. The van der Waals surface area contributed by atoms with E-state index in [2.05, 4.69) is 10.6 Å². The van der Waals surface area contributed by atoms with E-state index in [0.29, 0.717) is 22.1 Å². The van der Waals surface area contributed by atoms with Gasteiger partial charge in [-0.15, -0.1) is 0 Å². The van der Waals surface area contributed by atoms with Crippen LogP contribution in [0.2, 0.25) is 0 Å². The molecule has 136 valence electrons. The highest BCUT2D eigenvalue weighted by Crippen LogP contribution is 2.32. The molecule has 1 atom stereocenters. The quantitative estimate of drug-likeness (QED) is 0.633. The Morgan fingerprint density at radius 1 is 1.04 bits per heavy atom. The van der Waals surface area contributed by atoms with Crippen LogP contribution in [0, 0.1) is 11.6 Å². The van der Waals surface area contributed by atoms with Gasteiger partial charge in [-0.2, -0.15) is 0 Å². The molecule has 0 bridgehead atoms. The first-order valence-corrected chi connectivity index (χ1v) is 9.02. The van der Waals surface area contributed by atoms with Gasteiger partial charge in [-0.05, 0) is 48.5 Å². The van der Waals surface area contributed by atoms with Gasteiger partial charge in [0.05, 0.1) is 10.6 Å². The van der Waals surface area contributed by atoms with Crippen molar-refractivity contribution in [3.63, 3.8) is 0 Å². The van der Waals surface area contributed by atoms with Crippen molar-refractivity contribution in [1.29, 1.82) is 0 Å². The zero-order valence-electron chi connectivity index (χ0n) is 13.9. The maximum atomic E-state index is 13.7. The van der Waals surface area contributed by atoms with Gasteiger partial charge in [0.1, 0.15) is 23.2 Å². The van der Waals surface area contributed by atoms with Gasteiger partial charge in [0.25, 0.3) is 5.91 Å². The van der Waals surface area contributed by atoms with Gasteiger partial charge in [-0.3, -0.25) is 4.79 Å². The van der Waals surface area contributed by atoms with Gasteiger partial charge in [-0.25, -0.2) is 8.78 Å². The molecule has 3 aromatic rings. The number of anilines is 1. The van der Waals surface area contributed by atoms with Gasteiger partial charge in [0, 0.05) is 11.6 Å². The van der Waals surface area contributed by atoms with E-state index >= 15 is 0 Å². The third-order valence-electron chi connectivity index (χ3n) is 3.92. The molecule has 1 saturated heterocycles. The highest BCUT2D eigenvalue weighted by atomic mass is 32.2. The summed E-state index contributed by atoms with van der Waals surface area (Å²) in [5.41, 5.74) is 0.573. The molecule has 27 heavy (non-hydrogen) atoms. The summed E-state index contributed by atoms with van der Waals surface area (Å²) < 4.78 is 32.5. The monoisotopic (exact) mass is 384 g/mol. The highest BCUT2D eigenvalue weighted by Gasteiger charge is 2.28. The number of nitrogens with one attached hydrogen (secondary N) is 2. The fraction of sp³-hybridized carbons (Fsp3) is 0.0500. The predicted octanol–water partition coefficient (Wildman–Crippen LogP) is 4.82. The zero-order chi connectivity index (χ0) is 18.8. The summed E-state index contributed by atoms with van der Waals surface area (Å²) in [5, 5.41) is 5.68. The number of halogens is 2. The summed E-state index contributed by atoms with van der Waals surface area (Å²) in [6, 6.07) is 15.7. The summed E-state index contributed by atoms with van der Waals surface area (Å²) in [7, 11) is 0. The molecule has 1 amide bonds. The average molecular weight is 384 g/mol. The molecule has 0 aliphatic carbocycles. The fourth-order valence-electron chi connectivity index (χ4n) is 2.61. The molecule has 0 radical (unpaired) electrons. The third kappa shape index (κ3) is 3.88.